The second-order valence-electron chi connectivity index (χ2n) is 3.92. The lowest BCUT2D eigenvalue weighted by Gasteiger charge is -2.22. The Morgan fingerprint density at radius 2 is 2.28 bits per heavy atom. The van der Waals surface area contributed by atoms with E-state index in [1.54, 1.807) is 12.4 Å². The van der Waals surface area contributed by atoms with E-state index >= 15 is 0 Å². The van der Waals surface area contributed by atoms with Crippen LogP contribution in [0.1, 0.15) is 13.8 Å². The number of likely N-dealkylation sites (N-methyl/N-ethyl adjacent to an activating group) is 1. The number of hydrogen-bond donors (Lipinski definition) is 1. The van der Waals surface area contributed by atoms with Crippen molar-refractivity contribution >= 4 is 17.3 Å². The topological polar surface area (TPSA) is 68.7 Å². The third kappa shape index (κ3) is 2.53. The normalized spacial score (nSPS) is 11.0. The largest absolute Gasteiger partial charge is 0.382 e. The van der Waals surface area contributed by atoms with Crippen molar-refractivity contribution in [2.75, 3.05) is 36.9 Å². The number of aromatic nitrogens is 3. The van der Waals surface area contributed by atoms with Gasteiger partial charge in [-0.1, -0.05) is 0 Å². The summed E-state index contributed by atoms with van der Waals surface area (Å²) in [6.45, 7) is 7.09. The summed E-state index contributed by atoms with van der Waals surface area (Å²) in [5.41, 5.74) is 6.64. The highest BCUT2D eigenvalue weighted by molar-refractivity contribution is 5.66. The smallest absolute Gasteiger partial charge is 0.180 e. The van der Waals surface area contributed by atoms with Gasteiger partial charge in [0.15, 0.2) is 11.5 Å². The molecule has 0 bridgehead atoms. The Balaban J connectivity index is 2.28. The molecule has 6 heteroatoms. The van der Waals surface area contributed by atoms with Crippen molar-refractivity contribution in [1.82, 2.24) is 14.4 Å². The third-order valence-corrected chi connectivity index (χ3v) is 2.77. The number of rotatable bonds is 6. The van der Waals surface area contributed by atoms with Gasteiger partial charge in [-0.05, 0) is 13.8 Å². The van der Waals surface area contributed by atoms with E-state index in [0.29, 0.717) is 12.4 Å². The van der Waals surface area contributed by atoms with Crippen LogP contribution in [0.3, 0.4) is 0 Å². The Morgan fingerprint density at radius 1 is 1.44 bits per heavy atom. The van der Waals surface area contributed by atoms with E-state index in [2.05, 4.69) is 21.8 Å². The molecule has 0 radical (unpaired) electrons. The van der Waals surface area contributed by atoms with Gasteiger partial charge in [-0.15, -0.1) is 0 Å². The molecule has 2 aromatic heterocycles. The van der Waals surface area contributed by atoms with Crippen LogP contribution >= 0.6 is 0 Å². The van der Waals surface area contributed by atoms with E-state index in [0.717, 1.165) is 31.2 Å². The maximum atomic E-state index is 5.81. The van der Waals surface area contributed by atoms with Gasteiger partial charge in [-0.3, -0.25) is 0 Å². The summed E-state index contributed by atoms with van der Waals surface area (Å²) >= 11 is 0. The Bertz CT molecular complexity index is 510. The van der Waals surface area contributed by atoms with Crippen LogP contribution in [0.25, 0.3) is 5.65 Å². The SMILES string of the molecule is CCOCCN(CC)c1nc(N)cn2ccnc12. The van der Waals surface area contributed by atoms with Gasteiger partial charge in [0.05, 0.1) is 12.8 Å². The van der Waals surface area contributed by atoms with Crippen LogP contribution in [0.4, 0.5) is 11.6 Å². The molecule has 2 aromatic rings. The molecule has 6 nitrogen and oxygen atoms in total. The first-order chi connectivity index (χ1) is 8.76. The zero-order valence-corrected chi connectivity index (χ0v) is 10.8. The first-order valence-corrected chi connectivity index (χ1v) is 6.18. The monoisotopic (exact) mass is 249 g/mol. The molecule has 0 aromatic carbocycles. The quantitative estimate of drug-likeness (QED) is 0.778. The second kappa shape index (κ2) is 5.68. The maximum Gasteiger partial charge on any atom is 0.180 e. The Kier molecular flexibility index (Phi) is 3.99. The van der Waals surface area contributed by atoms with E-state index in [-0.39, 0.29) is 0 Å². The second-order valence-corrected chi connectivity index (χ2v) is 3.92. The summed E-state index contributed by atoms with van der Waals surface area (Å²) < 4.78 is 7.27. The fourth-order valence-electron chi connectivity index (χ4n) is 1.88. The van der Waals surface area contributed by atoms with Gasteiger partial charge in [0, 0.05) is 32.1 Å². The van der Waals surface area contributed by atoms with Crippen molar-refractivity contribution in [3.63, 3.8) is 0 Å². The molecule has 0 aliphatic rings. The molecule has 2 N–H and O–H groups in total. The van der Waals surface area contributed by atoms with Crippen LogP contribution in [0.15, 0.2) is 18.6 Å². The lowest BCUT2D eigenvalue weighted by Crippen LogP contribution is -2.28. The van der Waals surface area contributed by atoms with Crippen molar-refractivity contribution in [2.45, 2.75) is 13.8 Å². The van der Waals surface area contributed by atoms with Crippen LogP contribution in [-0.2, 0) is 4.74 Å². The zero-order chi connectivity index (χ0) is 13.0. The lowest BCUT2D eigenvalue weighted by molar-refractivity contribution is 0.154. The maximum absolute atomic E-state index is 5.81. The van der Waals surface area contributed by atoms with E-state index in [9.17, 15) is 0 Å². The van der Waals surface area contributed by atoms with Gasteiger partial charge in [0.25, 0.3) is 0 Å². The summed E-state index contributed by atoms with van der Waals surface area (Å²) in [5, 5.41) is 0. The average Bonchev–Trinajstić information content (AvgIpc) is 2.82. The minimum absolute atomic E-state index is 0.491. The van der Waals surface area contributed by atoms with Crippen LogP contribution in [-0.4, -0.2) is 40.7 Å². The van der Waals surface area contributed by atoms with Crippen molar-refractivity contribution < 1.29 is 4.74 Å². The van der Waals surface area contributed by atoms with Crippen LogP contribution in [0.5, 0.6) is 0 Å². The number of nitrogens with zero attached hydrogens (tertiary/aromatic N) is 4. The molecule has 0 atom stereocenters. The Labute approximate surface area is 106 Å². The molecule has 98 valence electrons. The van der Waals surface area contributed by atoms with Gasteiger partial charge in [0.1, 0.15) is 5.82 Å². The Morgan fingerprint density at radius 3 is 3.00 bits per heavy atom. The number of nitrogen functional groups attached to an aromatic ring is 1. The van der Waals surface area contributed by atoms with Crippen molar-refractivity contribution in [3.8, 4) is 0 Å². The molecule has 18 heavy (non-hydrogen) atoms. The standard InChI is InChI=1S/C12H19N5O/c1-3-16(7-8-18-4-2)12-11-14-5-6-17(11)9-10(13)15-12/h5-6,9H,3-4,7-8,13H2,1-2H3. The molecule has 0 fully saturated rings. The van der Waals surface area contributed by atoms with Crippen LogP contribution in [0.2, 0.25) is 0 Å². The summed E-state index contributed by atoms with van der Waals surface area (Å²) in [6, 6.07) is 0. The van der Waals surface area contributed by atoms with E-state index in [4.69, 9.17) is 10.5 Å². The molecule has 0 unspecified atom stereocenters. The van der Waals surface area contributed by atoms with Gasteiger partial charge >= 0.3 is 0 Å². The fraction of sp³-hybridized carbons (Fsp3) is 0.500. The fourth-order valence-corrected chi connectivity index (χ4v) is 1.88. The molecular weight excluding hydrogens is 230 g/mol. The van der Waals surface area contributed by atoms with Crippen molar-refractivity contribution in [3.05, 3.63) is 18.6 Å². The minimum atomic E-state index is 0.491. The highest BCUT2D eigenvalue weighted by Crippen LogP contribution is 2.19. The number of imidazole rings is 1. The average molecular weight is 249 g/mol. The first-order valence-electron chi connectivity index (χ1n) is 6.18. The van der Waals surface area contributed by atoms with Gasteiger partial charge in [0.2, 0.25) is 0 Å². The van der Waals surface area contributed by atoms with Gasteiger partial charge in [-0.25, -0.2) is 9.97 Å². The zero-order valence-electron chi connectivity index (χ0n) is 10.8. The molecular formula is C12H19N5O. The number of nitrogens with two attached hydrogens (primary N) is 1. The molecule has 0 spiro atoms. The number of anilines is 2. The summed E-state index contributed by atoms with van der Waals surface area (Å²) in [5.74, 6) is 1.30. The highest BCUT2D eigenvalue weighted by Gasteiger charge is 2.12. The third-order valence-electron chi connectivity index (χ3n) is 2.77. The molecule has 0 aliphatic carbocycles. The summed E-state index contributed by atoms with van der Waals surface area (Å²) in [6.07, 6.45) is 5.38. The van der Waals surface area contributed by atoms with Crippen molar-refractivity contribution in [2.24, 2.45) is 0 Å². The molecule has 0 amide bonds. The number of hydrogen-bond acceptors (Lipinski definition) is 5. The summed E-state index contributed by atoms with van der Waals surface area (Å²) in [7, 11) is 0. The lowest BCUT2D eigenvalue weighted by atomic mass is 10.4. The van der Waals surface area contributed by atoms with Gasteiger partial charge < -0.3 is 19.8 Å². The molecule has 0 saturated carbocycles. The predicted octanol–water partition coefficient (Wildman–Crippen LogP) is 1.17. The van der Waals surface area contributed by atoms with Crippen molar-refractivity contribution in [1.29, 1.82) is 0 Å². The van der Waals surface area contributed by atoms with E-state index in [1.807, 2.05) is 17.5 Å². The number of ether oxygens (including phenoxy) is 1. The molecule has 0 saturated heterocycles. The molecule has 0 aliphatic heterocycles. The Hall–Kier alpha value is -1.82. The van der Waals surface area contributed by atoms with Gasteiger partial charge in [-0.2, -0.15) is 0 Å². The number of fused-ring (bicyclic) bond motifs is 1. The minimum Gasteiger partial charge on any atom is -0.382 e. The molecule has 2 rings (SSSR count). The predicted molar refractivity (Wildman–Crippen MR) is 71.8 cm³/mol. The summed E-state index contributed by atoms with van der Waals surface area (Å²) in [4.78, 5) is 10.8. The molecule has 2 heterocycles. The van der Waals surface area contributed by atoms with Crippen LogP contribution < -0.4 is 10.6 Å². The first kappa shape index (κ1) is 12.6. The highest BCUT2D eigenvalue weighted by atomic mass is 16.5. The van der Waals surface area contributed by atoms with E-state index < -0.39 is 0 Å². The van der Waals surface area contributed by atoms with E-state index in [1.165, 1.54) is 0 Å². The van der Waals surface area contributed by atoms with Crippen LogP contribution in [0, 0.1) is 0 Å².